The number of nitriles is 2. The minimum Gasteiger partial charge on any atom is -0.497 e. The lowest BCUT2D eigenvalue weighted by Gasteiger charge is -2.36. The van der Waals surface area contributed by atoms with Crippen LogP contribution in [-0.2, 0) is 0 Å². The van der Waals surface area contributed by atoms with Crippen molar-refractivity contribution in [3.8, 4) is 23.6 Å². The minimum absolute atomic E-state index is 0.230. The number of Topliss-reactive ketones (excluding diaryl/α,β-unsaturated/α-hetero) is 1. The monoisotopic (exact) mass is 479 g/mol. The summed E-state index contributed by atoms with van der Waals surface area (Å²) in [5.41, 5.74) is 0.896. The van der Waals surface area contributed by atoms with Crippen LogP contribution in [0.2, 0.25) is 0 Å². The van der Waals surface area contributed by atoms with Gasteiger partial charge in [0.1, 0.15) is 17.3 Å². The first-order valence-electron chi connectivity index (χ1n) is 11.4. The Bertz CT molecular complexity index is 1420. The largest absolute Gasteiger partial charge is 0.497 e. The molecule has 36 heavy (non-hydrogen) atoms. The van der Waals surface area contributed by atoms with Gasteiger partial charge in [-0.1, -0.05) is 30.4 Å². The number of hydrogen-bond acceptors (Lipinski definition) is 6. The summed E-state index contributed by atoms with van der Waals surface area (Å²) in [6.07, 6.45) is 3.70. The predicted molar refractivity (Wildman–Crippen MR) is 132 cm³/mol. The van der Waals surface area contributed by atoms with Crippen LogP contribution in [0.3, 0.4) is 0 Å². The van der Waals surface area contributed by atoms with E-state index in [1.54, 1.807) is 18.2 Å². The maximum absolute atomic E-state index is 14.1. The van der Waals surface area contributed by atoms with Crippen molar-refractivity contribution in [1.29, 1.82) is 10.5 Å². The summed E-state index contributed by atoms with van der Waals surface area (Å²) in [4.78, 5) is 16.1. The van der Waals surface area contributed by atoms with E-state index in [1.807, 2.05) is 41.3 Å². The molecule has 0 radical (unpaired) electrons. The van der Waals surface area contributed by atoms with Crippen LogP contribution in [0.4, 0.5) is 10.1 Å². The van der Waals surface area contributed by atoms with Crippen LogP contribution in [0.15, 0.2) is 72.8 Å². The zero-order chi connectivity index (χ0) is 25.4. The summed E-state index contributed by atoms with van der Waals surface area (Å²) in [6, 6.07) is 21.2. The molecule has 2 heterocycles. The zero-order valence-electron chi connectivity index (χ0n) is 19.7. The highest BCUT2D eigenvalue weighted by Gasteiger charge is 2.64. The van der Waals surface area contributed by atoms with E-state index in [0.29, 0.717) is 17.1 Å². The number of hydrogen-bond donors (Lipinski definition) is 0. The number of ether oxygens (including phenoxy) is 2. The quantitative estimate of drug-likeness (QED) is 0.460. The van der Waals surface area contributed by atoms with E-state index < -0.39 is 35.0 Å². The van der Waals surface area contributed by atoms with Crippen molar-refractivity contribution in [3.05, 3.63) is 95.3 Å². The lowest BCUT2D eigenvalue weighted by atomic mass is 9.69. The summed E-state index contributed by atoms with van der Waals surface area (Å²) in [5.74, 6) is -0.948. The molecule has 0 aromatic heterocycles. The molecular formula is C29H22FN3O3. The van der Waals surface area contributed by atoms with Crippen LogP contribution >= 0.6 is 0 Å². The molecule has 3 aromatic rings. The molecule has 0 aliphatic carbocycles. The minimum atomic E-state index is -1.71. The summed E-state index contributed by atoms with van der Waals surface area (Å²) in [5, 5.41) is 21.0. The molecule has 2 aliphatic heterocycles. The smallest absolute Gasteiger partial charge is 0.179 e. The van der Waals surface area contributed by atoms with E-state index in [-0.39, 0.29) is 5.56 Å². The van der Waals surface area contributed by atoms with Crippen molar-refractivity contribution in [3.63, 3.8) is 0 Å². The number of carbonyl (C=O) groups excluding carboxylic acids is 1. The second-order valence-electron chi connectivity index (χ2n) is 8.80. The van der Waals surface area contributed by atoms with Crippen LogP contribution in [0, 0.1) is 39.8 Å². The van der Waals surface area contributed by atoms with Gasteiger partial charge in [0.2, 0.25) is 0 Å². The number of halogens is 1. The third-order valence-corrected chi connectivity index (χ3v) is 7.04. The zero-order valence-corrected chi connectivity index (χ0v) is 19.7. The highest BCUT2D eigenvalue weighted by molar-refractivity contribution is 6.01. The molecule has 2 aliphatic rings. The fraction of sp³-hybridized carbons (Fsp3) is 0.207. The van der Waals surface area contributed by atoms with Crippen molar-refractivity contribution in [1.82, 2.24) is 0 Å². The third kappa shape index (κ3) is 3.40. The number of rotatable bonds is 5. The Balaban J connectivity index is 1.80. The predicted octanol–water partition coefficient (Wildman–Crippen LogP) is 5.33. The lowest BCUT2D eigenvalue weighted by Crippen LogP contribution is -2.40. The molecule has 0 spiro atoms. The Kier molecular flexibility index (Phi) is 5.70. The molecule has 0 amide bonds. The molecule has 2 unspecified atom stereocenters. The number of methoxy groups -OCH3 is 2. The average molecular weight is 480 g/mol. The molecule has 0 saturated carbocycles. The summed E-state index contributed by atoms with van der Waals surface area (Å²) in [7, 11) is 3.07. The number of ketones is 1. The second-order valence-corrected chi connectivity index (χ2v) is 8.80. The number of benzene rings is 3. The normalized spacial score (nSPS) is 21.0. The van der Waals surface area contributed by atoms with Crippen molar-refractivity contribution in [2.75, 3.05) is 19.1 Å². The summed E-state index contributed by atoms with van der Waals surface area (Å²) < 4.78 is 24.6. The lowest BCUT2D eigenvalue weighted by molar-refractivity contribution is 0.0868. The topological polar surface area (TPSA) is 86.3 Å². The molecule has 3 aromatic carbocycles. The van der Waals surface area contributed by atoms with Gasteiger partial charge in [-0.25, -0.2) is 4.39 Å². The van der Waals surface area contributed by atoms with Crippen LogP contribution in [0.25, 0.3) is 6.08 Å². The van der Waals surface area contributed by atoms with Crippen LogP contribution in [0.5, 0.6) is 11.5 Å². The highest BCUT2D eigenvalue weighted by atomic mass is 19.1. The molecule has 1 fully saturated rings. The number of fused-ring (bicyclic) bond motifs is 3. The Morgan fingerprint density at radius 2 is 1.61 bits per heavy atom. The average Bonchev–Trinajstić information content (AvgIpc) is 3.23. The molecular weight excluding hydrogens is 457 g/mol. The van der Waals surface area contributed by atoms with Crippen molar-refractivity contribution >= 4 is 17.5 Å². The van der Waals surface area contributed by atoms with Gasteiger partial charge in [0, 0.05) is 17.3 Å². The molecule has 3 atom stereocenters. The molecule has 0 bridgehead atoms. The van der Waals surface area contributed by atoms with Gasteiger partial charge in [0.15, 0.2) is 11.2 Å². The van der Waals surface area contributed by atoms with Crippen molar-refractivity contribution < 1.29 is 18.7 Å². The number of anilines is 1. The summed E-state index contributed by atoms with van der Waals surface area (Å²) >= 11 is 0. The molecule has 178 valence electrons. The van der Waals surface area contributed by atoms with E-state index in [2.05, 4.69) is 12.1 Å². The number of carbonyl (C=O) groups is 1. The van der Waals surface area contributed by atoms with Crippen LogP contribution in [-0.4, -0.2) is 26.0 Å². The molecule has 7 heteroatoms. The van der Waals surface area contributed by atoms with E-state index >= 15 is 0 Å². The first-order chi connectivity index (χ1) is 17.5. The van der Waals surface area contributed by atoms with E-state index in [1.165, 1.54) is 38.5 Å². The Hall–Kier alpha value is -4.62. The van der Waals surface area contributed by atoms with E-state index in [0.717, 1.165) is 11.3 Å². The Morgan fingerprint density at radius 1 is 0.972 bits per heavy atom. The molecule has 5 rings (SSSR count). The van der Waals surface area contributed by atoms with Gasteiger partial charge in [0.05, 0.1) is 44.4 Å². The van der Waals surface area contributed by atoms with Gasteiger partial charge in [-0.05, 0) is 53.6 Å². The van der Waals surface area contributed by atoms with Crippen LogP contribution in [0.1, 0.15) is 27.5 Å². The first kappa shape index (κ1) is 23.1. The van der Waals surface area contributed by atoms with Crippen molar-refractivity contribution in [2.24, 2.45) is 11.3 Å². The SMILES string of the molecule is COc1cc(OC)cc(C2C(C(=O)c3ccc(F)cc3)C(C#N)(C#N)[C@@H]3C=Cc4ccccc4N23)c1. The molecule has 0 N–H and O–H groups in total. The van der Waals surface area contributed by atoms with Gasteiger partial charge in [-0.3, -0.25) is 4.79 Å². The second kappa shape index (κ2) is 8.87. The van der Waals surface area contributed by atoms with Crippen molar-refractivity contribution in [2.45, 2.75) is 12.1 Å². The maximum atomic E-state index is 14.1. The number of nitrogens with zero attached hydrogens (tertiary/aromatic N) is 3. The standard InChI is InChI=1S/C29H22FN3O3/c1-35-22-13-20(14-23(15-22)36-2)27-26(28(34)19-7-10-21(30)11-8-19)29(16-31,17-32)25-12-9-18-5-3-4-6-24(18)33(25)27/h3-15,25-27H,1-2H3/t25-,26?,27?/m0/s1. The fourth-order valence-corrected chi connectivity index (χ4v) is 5.38. The Morgan fingerprint density at radius 3 is 2.22 bits per heavy atom. The van der Waals surface area contributed by atoms with Gasteiger partial charge in [-0.2, -0.15) is 10.5 Å². The van der Waals surface area contributed by atoms with Gasteiger partial charge in [0.25, 0.3) is 0 Å². The van der Waals surface area contributed by atoms with E-state index in [9.17, 15) is 19.7 Å². The Labute approximate surface area is 208 Å². The van der Waals surface area contributed by atoms with Gasteiger partial charge in [-0.15, -0.1) is 0 Å². The third-order valence-electron chi connectivity index (χ3n) is 7.04. The maximum Gasteiger partial charge on any atom is 0.179 e. The summed E-state index contributed by atoms with van der Waals surface area (Å²) in [6.45, 7) is 0. The van der Waals surface area contributed by atoms with Gasteiger partial charge < -0.3 is 14.4 Å². The molecule has 6 nitrogen and oxygen atoms in total. The number of para-hydroxylation sites is 1. The van der Waals surface area contributed by atoms with Gasteiger partial charge >= 0.3 is 0 Å². The van der Waals surface area contributed by atoms with Crippen LogP contribution < -0.4 is 14.4 Å². The first-order valence-corrected chi connectivity index (χ1v) is 11.4. The molecule has 1 saturated heterocycles. The fourth-order valence-electron chi connectivity index (χ4n) is 5.38. The highest BCUT2D eigenvalue weighted by Crippen LogP contribution is 2.57. The van der Waals surface area contributed by atoms with E-state index in [4.69, 9.17) is 9.47 Å².